The van der Waals surface area contributed by atoms with Crippen LogP contribution in [-0.2, 0) is 11.3 Å². The van der Waals surface area contributed by atoms with Gasteiger partial charge in [-0.1, -0.05) is 29.2 Å². The zero-order valence-electron chi connectivity index (χ0n) is 16.1. The molecule has 1 aromatic carbocycles. The molecule has 0 spiro atoms. The largest absolute Gasteiger partial charge is 0.497 e. The second-order valence-electron chi connectivity index (χ2n) is 6.13. The molecule has 0 atom stereocenters. The van der Waals surface area contributed by atoms with Crippen molar-refractivity contribution >= 4 is 44.4 Å². The van der Waals surface area contributed by atoms with E-state index in [4.69, 9.17) is 4.74 Å². The van der Waals surface area contributed by atoms with E-state index < -0.39 is 0 Å². The first-order valence-electron chi connectivity index (χ1n) is 8.99. The maximum Gasteiger partial charge on any atom is 0.236 e. The number of allylic oxidation sites excluding steroid dienone is 1. The van der Waals surface area contributed by atoms with E-state index in [1.165, 1.54) is 23.1 Å². The number of anilines is 1. The van der Waals surface area contributed by atoms with Crippen molar-refractivity contribution in [3.05, 3.63) is 55.4 Å². The minimum absolute atomic E-state index is 0.162. The number of hydrogen-bond acceptors (Lipinski definition) is 8. The molecule has 4 rings (SSSR count). The van der Waals surface area contributed by atoms with Crippen molar-refractivity contribution in [2.24, 2.45) is 0 Å². The number of pyridine rings is 1. The van der Waals surface area contributed by atoms with Crippen molar-refractivity contribution in [3.8, 4) is 17.1 Å². The molecule has 0 fully saturated rings. The highest BCUT2D eigenvalue weighted by atomic mass is 32.2. The summed E-state index contributed by atoms with van der Waals surface area (Å²) in [4.78, 5) is 20.9. The van der Waals surface area contributed by atoms with Gasteiger partial charge in [0, 0.05) is 24.5 Å². The first-order chi connectivity index (χ1) is 14.7. The number of methoxy groups -OCH3 is 1. The summed E-state index contributed by atoms with van der Waals surface area (Å²) in [6.45, 7) is 4.34. The van der Waals surface area contributed by atoms with Gasteiger partial charge in [0.2, 0.25) is 5.91 Å². The van der Waals surface area contributed by atoms with Gasteiger partial charge in [0.25, 0.3) is 0 Å². The van der Waals surface area contributed by atoms with Crippen molar-refractivity contribution in [2.75, 3.05) is 18.2 Å². The quantitative estimate of drug-likeness (QED) is 0.329. The summed E-state index contributed by atoms with van der Waals surface area (Å²) in [6, 6.07) is 9.35. The number of carbonyl (C=O) groups excluding carboxylic acids is 1. The third-order valence-corrected chi connectivity index (χ3v) is 6.04. The Morgan fingerprint density at radius 2 is 2.13 bits per heavy atom. The number of thiazole rings is 1. The van der Waals surface area contributed by atoms with Crippen LogP contribution in [0.4, 0.5) is 5.13 Å². The SMILES string of the molecule is C=CCn1c(SCC(=O)Nc2nc3ccc(OC)cc3s2)nnc1-c1ccncc1. The topological polar surface area (TPSA) is 94.8 Å². The molecule has 3 heterocycles. The number of nitrogens with one attached hydrogen (secondary N) is 1. The lowest BCUT2D eigenvalue weighted by Crippen LogP contribution is -2.14. The lowest BCUT2D eigenvalue weighted by Gasteiger charge is -2.07. The van der Waals surface area contributed by atoms with E-state index in [2.05, 4.69) is 32.1 Å². The molecular formula is C20H18N6O2S2. The van der Waals surface area contributed by atoms with Gasteiger partial charge in [-0.2, -0.15) is 0 Å². The maximum absolute atomic E-state index is 12.5. The summed E-state index contributed by atoms with van der Waals surface area (Å²) in [7, 11) is 1.62. The molecule has 0 bridgehead atoms. The van der Waals surface area contributed by atoms with E-state index in [-0.39, 0.29) is 11.7 Å². The van der Waals surface area contributed by atoms with Crippen LogP contribution in [0.15, 0.2) is 60.5 Å². The van der Waals surface area contributed by atoms with Gasteiger partial charge < -0.3 is 10.1 Å². The number of benzene rings is 1. The summed E-state index contributed by atoms with van der Waals surface area (Å²) in [6.07, 6.45) is 5.18. The van der Waals surface area contributed by atoms with E-state index in [1.807, 2.05) is 34.9 Å². The average Bonchev–Trinajstić information content (AvgIpc) is 3.35. The maximum atomic E-state index is 12.5. The average molecular weight is 439 g/mol. The van der Waals surface area contributed by atoms with Gasteiger partial charge in [0.15, 0.2) is 16.1 Å². The molecule has 152 valence electrons. The van der Waals surface area contributed by atoms with Crippen LogP contribution in [-0.4, -0.2) is 43.5 Å². The van der Waals surface area contributed by atoms with Gasteiger partial charge in [0.1, 0.15) is 5.75 Å². The first kappa shape index (κ1) is 20.0. The fraction of sp³-hybridized carbons (Fsp3) is 0.150. The number of aromatic nitrogens is 5. The third-order valence-electron chi connectivity index (χ3n) is 4.14. The molecule has 0 saturated carbocycles. The second-order valence-corrected chi connectivity index (χ2v) is 8.10. The van der Waals surface area contributed by atoms with Gasteiger partial charge in [-0.3, -0.25) is 14.3 Å². The zero-order valence-corrected chi connectivity index (χ0v) is 17.7. The normalized spacial score (nSPS) is 10.8. The Hall–Kier alpha value is -3.24. The standard InChI is InChI=1S/C20H18N6O2S2/c1-3-10-26-18(13-6-8-21-9-7-13)24-25-20(26)29-12-17(27)23-19-22-15-5-4-14(28-2)11-16(15)30-19/h3-9,11H,1,10,12H2,2H3,(H,22,23,27). The van der Waals surface area contributed by atoms with Crippen LogP contribution in [0.1, 0.15) is 0 Å². The van der Waals surface area contributed by atoms with Crippen LogP contribution < -0.4 is 10.1 Å². The lowest BCUT2D eigenvalue weighted by molar-refractivity contribution is -0.113. The Morgan fingerprint density at radius 1 is 1.30 bits per heavy atom. The number of amides is 1. The highest BCUT2D eigenvalue weighted by Crippen LogP contribution is 2.29. The van der Waals surface area contributed by atoms with Gasteiger partial charge in [0.05, 0.1) is 23.1 Å². The molecular weight excluding hydrogens is 420 g/mol. The highest BCUT2D eigenvalue weighted by Gasteiger charge is 2.16. The number of nitrogens with zero attached hydrogens (tertiary/aromatic N) is 5. The summed E-state index contributed by atoms with van der Waals surface area (Å²) >= 11 is 2.72. The minimum Gasteiger partial charge on any atom is -0.497 e. The van der Waals surface area contributed by atoms with Crippen LogP contribution in [0.3, 0.4) is 0 Å². The van der Waals surface area contributed by atoms with Crippen LogP contribution in [0.2, 0.25) is 0 Å². The van der Waals surface area contributed by atoms with Crippen molar-refractivity contribution < 1.29 is 9.53 Å². The smallest absolute Gasteiger partial charge is 0.236 e. The molecule has 0 unspecified atom stereocenters. The number of carbonyl (C=O) groups is 1. The van der Waals surface area contributed by atoms with Gasteiger partial charge in [-0.15, -0.1) is 16.8 Å². The fourth-order valence-electron chi connectivity index (χ4n) is 2.77. The monoisotopic (exact) mass is 438 g/mol. The molecule has 0 radical (unpaired) electrons. The lowest BCUT2D eigenvalue weighted by atomic mass is 10.2. The molecule has 1 amide bonds. The fourth-order valence-corrected chi connectivity index (χ4v) is 4.43. The van der Waals surface area contributed by atoms with Crippen LogP contribution in [0, 0.1) is 0 Å². The van der Waals surface area contributed by atoms with Crippen molar-refractivity contribution in [1.82, 2.24) is 24.7 Å². The van der Waals surface area contributed by atoms with Crippen LogP contribution in [0.25, 0.3) is 21.6 Å². The van der Waals surface area contributed by atoms with E-state index in [9.17, 15) is 4.79 Å². The molecule has 1 N–H and O–H groups in total. The van der Waals surface area contributed by atoms with E-state index in [0.29, 0.717) is 22.7 Å². The molecule has 0 aliphatic heterocycles. The Kier molecular flexibility index (Phi) is 6.05. The molecule has 8 nitrogen and oxygen atoms in total. The second kappa shape index (κ2) is 9.06. The zero-order chi connectivity index (χ0) is 20.9. The number of fused-ring (bicyclic) bond motifs is 1. The summed E-state index contributed by atoms with van der Waals surface area (Å²) in [5.41, 5.74) is 1.72. The third kappa shape index (κ3) is 4.34. The summed E-state index contributed by atoms with van der Waals surface area (Å²) < 4.78 is 8.10. The molecule has 0 aliphatic carbocycles. The van der Waals surface area contributed by atoms with Crippen molar-refractivity contribution in [2.45, 2.75) is 11.7 Å². The van der Waals surface area contributed by atoms with Gasteiger partial charge >= 0.3 is 0 Å². The Morgan fingerprint density at radius 3 is 2.90 bits per heavy atom. The van der Waals surface area contributed by atoms with Crippen molar-refractivity contribution in [3.63, 3.8) is 0 Å². The predicted octanol–water partition coefficient (Wildman–Crippen LogP) is 3.88. The first-order valence-corrected chi connectivity index (χ1v) is 10.8. The predicted molar refractivity (Wildman–Crippen MR) is 119 cm³/mol. The molecule has 0 aliphatic rings. The van der Waals surface area contributed by atoms with E-state index in [1.54, 1.807) is 25.6 Å². The number of thioether (sulfide) groups is 1. The Bertz CT molecular complexity index is 1190. The Balaban J connectivity index is 1.45. The van der Waals surface area contributed by atoms with Crippen LogP contribution >= 0.6 is 23.1 Å². The summed E-state index contributed by atoms with van der Waals surface area (Å²) in [5.74, 6) is 1.49. The molecule has 30 heavy (non-hydrogen) atoms. The Labute approximate surface area is 181 Å². The van der Waals surface area contributed by atoms with Crippen LogP contribution in [0.5, 0.6) is 5.75 Å². The minimum atomic E-state index is -0.162. The molecule has 3 aromatic heterocycles. The highest BCUT2D eigenvalue weighted by molar-refractivity contribution is 7.99. The van der Waals surface area contributed by atoms with E-state index in [0.717, 1.165) is 21.5 Å². The number of hydrogen-bond donors (Lipinski definition) is 1. The molecule has 0 saturated heterocycles. The molecule has 4 aromatic rings. The van der Waals surface area contributed by atoms with E-state index >= 15 is 0 Å². The number of ether oxygens (including phenoxy) is 1. The van der Waals surface area contributed by atoms with Crippen molar-refractivity contribution in [1.29, 1.82) is 0 Å². The molecule has 10 heteroatoms. The summed E-state index contributed by atoms with van der Waals surface area (Å²) in [5, 5.41) is 12.6. The van der Waals surface area contributed by atoms with Gasteiger partial charge in [-0.25, -0.2) is 4.98 Å². The van der Waals surface area contributed by atoms with Gasteiger partial charge in [-0.05, 0) is 30.3 Å². The number of rotatable bonds is 8.